The van der Waals surface area contributed by atoms with Crippen LogP contribution < -0.4 is 14.9 Å². The monoisotopic (exact) mass is 450 g/mol. The SMILES string of the molecule is CCOC(=O)C1=C(C)N=c2sc(=Cc3cnn(C)c3)c(=O)n2C1c1ccc(C(C)C)cc1. The number of allylic oxidation sites excluding steroid dienone is 1. The van der Waals surface area contributed by atoms with Gasteiger partial charge in [0.15, 0.2) is 4.80 Å². The molecule has 32 heavy (non-hydrogen) atoms. The van der Waals surface area contributed by atoms with Crippen LogP contribution in [-0.4, -0.2) is 26.9 Å². The number of hydrogen-bond acceptors (Lipinski definition) is 6. The molecule has 0 radical (unpaired) electrons. The molecular weight excluding hydrogens is 424 g/mol. The minimum Gasteiger partial charge on any atom is -0.463 e. The molecule has 4 rings (SSSR count). The Balaban J connectivity index is 1.93. The normalized spacial score (nSPS) is 16.3. The molecule has 3 heterocycles. The molecule has 1 unspecified atom stereocenters. The third-order valence-corrected chi connectivity index (χ3v) is 6.44. The van der Waals surface area contributed by atoms with Crippen LogP contribution in [0.5, 0.6) is 0 Å². The van der Waals surface area contributed by atoms with Crippen molar-refractivity contribution in [2.24, 2.45) is 12.0 Å². The van der Waals surface area contributed by atoms with Gasteiger partial charge in [-0.25, -0.2) is 9.79 Å². The van der Waals surface area contributed by atoms with Gasteiger partial charge >= 0.3 is 5.97 Å². The molecule has 0 N–H and O–H groups in total. The number of rotatable bonds is 5. The Morgan fingerprint density at radius 2 is 2.00 bits per heavy atom. The molecule has 0 saturated heterocycles. The lowest BCUT2D eigenvalue weighted by Crippen LogP contribution is -2.39. The highest BCUT2D eigenvalue weighted by atomic mass is 32.1. The zero-order valence-corrected chi connectivity index (χ0v) is 19.6. The van der Waals surface area contributed by atoms with Crippen LogP contribution in [0.15, 0.2) is 57.7 Å². The van der Waals surface area contributed by atoms with Crippen molar-refractivity contribution >= 4 is 23.4 Å². The lowest BCUT2D eigenvalue weighted by Gasteiger charge is -2.25. The van der Waals surface area contributed by atoms with E-state index in [2.05, 4.69) is 23.9 Å². The van der Waals surface area contributed by atoms with Gasteiger partial charge in [-0.15, -0.1) is 0 Å². The van der Waals surface area contributed by atoms with Crippen molar-refractivity contribution in [3.05, 3.63) is 84.3 Å². The number of hydrogen-bond donors (Lipinski definition) is 0. The van der Waals surface area contributed by atoms with Gasteiger partial charge in [-0.1, -0.05) is 49.4 Å². The molecule has 7 nitrogen and oxygen atoms in total. The number of thiazole rings is 1. The fraction of sp³-hybridized carbons (Fsp3) is 0.333. The second-order valence-electron chi connectivity index (χ2n) is 8.07. The van der Waals surface area contributed by atoms with Gasteiger partial charge in [0, 0.05) is 18.8 Å². The first-order chi connectivity index (χ1) is 15.3. The van der Waals surface area contributed by atoms with Crippen LogP contribution in [0.1, 0.15) is 56.3 Å². The van der Waals surface area contributed by atoms with Crippen LogP contribution in [0.2, 0.25) is 0 Å². The van der Waals surface area contributed by atoms with Crippen LogP contribution in [0.3, 0.4) is 0 Å². The van der Waals surface area contributed by atoms with Crippen LogP contribution >= 0.6 is 11.3 Å². The molecule has 0 bridgehead atoms. The highest BCUT2D eigenvalue weighted by Crippen LogP contribution is 2.31. The maximum atomic E-state index is 13.5. The smallest absolute Gasteiger partial charge is 0.338 e. The van der Waals surface area contributed by atoms with E-state index in [-0.39, 0.29) is 12.2 Å². The number of benzene rings is 1. The summed E-state index contributed by atoms with van der Waals surface area (Å²) in [4.78, 5) is 31.6. The first-order valence-corrected chi connectivity index (χ1v) is 11.4. The maximum Gasteiger partial charge on any atom is 0.338 e. The zero-order chi connectivity index (χ0) is 23.0. The Labute approximate surface area is 190 Å². The molecule has 2 aromatic heterocycles. The Morgan fingerprint density at radius 3 is 2.59 bits per heavy atom. The molecule has 1 aliphatic heterocycles. The largest absolute Gasteiger partial charge is 0.463 e. The molecule has 0 aliphatic carbocycles. The standard InChI is InChI=1S/C24H26N4O3S/c1-6-31-23(30)20-15(4)26-24-28(21(20)18-9-7-17(8-10-18)14(2)3)22(29)19(32-24)11-16-12-25-27(5)13-16/h7-14,21H,6H2,1-5H3. The lowest BCUT2D eigenvalue weighted by molar-refractivity contribution is -0.139. The Hall–Kier alpha value is -3.26. The van der Waals surface area contributed by atoms with Crippen LogP contribution in [0.25, 0.3) is 6.08 Å². The Kier molecular flexibility index (Phi) is 5.97. The summed E-state index contributed by atoms with van der Waals surface area (Å²) in [5, 5.41) is 4.17. The van der Waals surface area contributed by atoms with E-state index in [4.69, 9.17) is 4.74 Å². The second kappa shape index (κ2) is 8.70. The quantitative estimate of drug-likeness (QED) is 0.560. The zero-order valence-electron chi connectivity index (χ0n) is 18.8. The molecule has 1 aliphatic rings. The summed E-state index contributed by atoms with van der Waals surface area (Å²) in [6.07, 6.45) is 5.35. The molecule has 0 fully saturated rings. The van der Waals surface area contributed by atoms with Gasteiger partial charge in [0.05, 0.1) is 34.6 Å². The molecule has 0 saturated carbocycles. The van der Waals surface area contributed by atoms with E-state index in [9.17, 15) is 9.59 Å². The number of carbonyl (C=O) groups excluding carboxylic acids is 1. The van der Waals surface area contributed by atoms with Crippen LogP contribution in [0.4, 0.5) is 0 Å². The highest BCUT2D eigenvalue weighted by Gasteiger charge is 2.33. The minimum absolute atomic E-state index is 0.190. The predicted octanol–water partition coefficient (Wildman–Crippen LogP) is 2.66. The average Bonchev–Trinajstić information content (AvgIpc) is 3.30. The van der Waals surface area contributed by atoms with E-state index in [0.717, 1.165) is 11.1 Å². The summed E-state index contributed by atoms with van der Waals surface area (Å²) < 4.78 is 9.17. The van der Waals surface area contributed by atoms with Crippen molar-refractivity contribution in [3.63, 3.8) is 0 Å². The van der Waals surface area contributed by atoms with Gasteiger partial charge in [0.2, 0.25) is 0 Å². The highest BCUT2D eigenvalue weighted by molar-refractivity contribution is 7.07. The molecule has 1 atom stereocenters. The van der Waals surface area contributed by atoms with E-state index >= 15 is 0 Å². The van der Waals surface area contributed by atoms with Gasteiger partial charge in [0.1, 0.15) is 0 Å². The molecule has 8 heteroatoms. The fourth-order valence-electron chi connectivity index (χ4n) is 3.84. The Morgan fingerprint density at radius 1 is 1.28 bits per heavy atom. The summed E-state index contributed by atoms with van der Waals surface area (Å²) in [5.74, 6) is -0.0689. The van der Waals surface area contributed by atoms with E-state index < -0.39 is 12.0 Å². The van der Waals surface area contributed by atoms with E-state index in [1.807, 2.05) is 37.5 Å². The second-order valence-corrected chi connectivity index (χ2v) is 9.08. The van der Waals surface area contributed by atoms with Gasteiger partial charge < -0.3 is 4.74 Å². The van der Waals surface area contributed by atoms with Gasteiger partial charge in [-0.05, 0) is 37.0 Å². The van der Waals surface area contributed by atoms with Crippen LogP contribution in [0, 0.1) is 0 Å². The predicted molar refractivity (Wildman–Crippen MR) is 124 cm³/mol. The summed E-state index contributed by atoms with van der Waals surface area (Å²) in [6, 6.07) is 7.46. The van der Waals surface area contributed by atoms with E-state index in [0.29, 0.717) is 26.5 Å². The number of aryl methyl sites for hydroxylation is 1. The van der Waals surface area contributed by atoms with Gasteiger partial charge in [-0.2, -0.15) is 5.10 Å². The Bertz CT molecular complexity index is 1370. The molecule has 166 valence electrons. The molecule has 0 amide bonds. The van der Waals surface area contributed by atoms with Gasteiger partial charge in [0.25, 0.3) is 5.56 Å². The number of nitrogens with zero attached hydrogens (tertiary/aromatic N) is 4. The number of fused-ring (bicyclic) bond motifs is 1. The number of carbonyl (C=O) groups is 1. The summed E-state index contributed by atoms with van der Waals surface area (Å²) in [5.41, 5.74) is 3.64. The number of ether oxygens (including phenoxy) is 1. The van der Waals surface area contributed by atoms with Crippen molar-refractivity contribution in [2.45, 2.75) is 39.7 Å². The summed E-state index contributed by atoms with van der Waals surface area (Å²) >= 11 is 1.31. The maximum absolute atomic E-state index is 13.5. The minimum atomic E-state index is -0.595. The summed E-state index contributed by atoms with van der Waals surface area (Å²) in [6.45, 7) is 8.07. The van der Waals surface area contributed by atoms with Gasteiger partial charge in [-0.3, -0.25) is 14.0 Å². The third-order valence-electron chi connectivity index (χ3n) is 5.46. The first-order valence-electron chi connectivity index (χ1n) is 10.6. The van der Waals surface area contributed by atoms with Crippen molar-refractivity contribution in [2.75, 3.05) is 6.61 Å². The summed E-state index contributed by atoms with van der Waals surface area (Å²) in [7, 11) is 1.83. The average molecular weight is 451 g/mol. The van der Waals surface area contributed by atoms with Crippen molar-refractivity contribution in [3.8, 4) is 0 Å². The molecule has 0 spiro atoms. The molecular formula is C24H26N4O3S. The fourth-order valence-corrected chi connectivity index (χ4v) is 4.88. The van der Waals surface area contributed by atoms with Crippen molar-refractivity contribution in [1.82, 2.24) is 14.3 Å². The topological polar surface area (TPSA) is 78.5 Å². The number of aromatic nitrogens is 3. The van der Waals surface area contributed by atoms with Crippen molar-refractivity contribution in [1.29, 1.82) is 0 Å². The van der Waals surface area contributed by atoms with E-state index in [1.165, 1.54) is 16.9 Å². The van der Waals surface area contributed by atoms with E-state index in [1.54, 1.807) is 35.4 Å². The van der Waals surface area contributed by atoms with Crippen molar-refractivity contribution < 1.29 is 9.53 Å². The lowest BCUT2D eigenvalue weighted by atomic mass is 9.93. The molecule has 1 aromatic carbocycles. The first kappa shape index (κ1) is 22.0. The van der Waals surface area contributed by atoms with Crippen LogP contribution in [-0.2, 0) is 16.6 Å². The molecule has 3 aromatic rings. The number of esters is 1. The third kappa shape index (κ3) is 3.98.